The Hall–Kier alpha value is -2.95. The first-order valence-electron chi connectivity index (χ1n) is 7.69. The van der Waals surface area contributed by atoms with Crippen molar-refractivity contribution in [3.8, 4) is 11.3 Å². The van der Waals surface area contributed by atoms with Gasteiger partial charge in [0.2, 0.25) is 0 Å². The van der Waals surface area contributed by atoms with Crippen LogP contribution >= 0.6 is 0 Å². The number of amides is 1. The molecule has 1 N–H and O–H groups in total. The van der Waals surface area contributed by atoms with Gasteiger partial charge in [0.25, 0.3) is 5.91 Å². The molecule has 5 heteroatoms. The molecule has 1 amide bonds. The minimum absolute atomic E-state index is 0.246. The SMILES string of the molecule is Cc1onc(-c2ccccc2)c1C(=O)NCCc1cccc(F)c1. The zero-order valence-corrected chi connectivity index (χ0v) is 13.3. The number of carbonyl (C=O) groups is 1. The van der Waals surface area contributed by atoms with Crippen molar-refractivity contribution in [1.82, 2.24) is 10.5 Å². The number of aryl methyl sites for hydroxylation is 1. The molecule has 0 bridgehead atoms. The Bertz CT molecular complexity index is 844. The van der Waals surface area contributed by atoms with Crippen LogP contribution in [0.1, 0.15) is 21.7 Å². The maximum absolute atomic E-state index is 13.2. The summed E-state index contributed by atoms with van der Waals surface area (Å²) in [6.07, 6.45) is 0.550. The summed E-state index contributed by atoms with van der Waals surface area (Å²) in [4.78, 5) is 12.5. The third kappa shape index (κ3) is 3.51. The van der Waals surface area contributed by atoms with E-state index in [9.17, 15) is 9.18 Å². The van der Waals surface area contributed by atoms with Crippen LogP contribution in [0.2, 0.25) is 0 Å². The van der Waals surface area contributed by atoms with Crippen molar-refractivity contribution in [2.75, 3.05) is 6.54 Å². The average molecular weight is 324 g/mol. The van der Waals surface area contributed by atoms with Crippen molar-refractivity contribution in [3.05, 3.63) is 77.3 Å². The molecule has 3 rings (SSSR count). The number of nitrogens with one attached hydrogen (secondary N) is 1. The highest BCUT2D eigenvalue weighted by molar-refractivity contribution is 6.00. The monoisotopic (exact) mass is 324 g/mol. The Morgan fingerprint density at radius 2 is 1.96 bits per heavy atom. The lowest BCUT2D eigenvalue weighted by molar-refractivity contribution is 0.0953. The Labute approximate surface area is 139 Å². The summed E-state index contributed by atoms with van der Waals surface area (Å²) in [7, 11) is 0. The number of nitrogens with zero attached hydrogens (tertiary/aromatic N) is 1. The highest BCUT2D eigenvalue weighted by Gasteiger charge is 2.21. The van der Waals surface area contributed by atoms with E-state index in [4.69, 9.17) is 4.52 Å². The lowest BCUT2D eigenvalue weighted by atomic mass is 10.1. The minimum atomic E-state index is -0.278. The first-order chi connectivity index (χ1) is 11.6. The third-order valence-corrected chi connectivity index (χ3v) is 3.73. The highest BCUT2D eigenvalue weighted by Crippen LogP contribution is 2.24. The van der Waals surface area contributed by atoms with Gasteiger partial charge in [-0.25, -0.2) is 4.39 Å². The maximum Gasteiger partial charge on any atom is 0.257 e. The van der Waals surface area contributed by atoms with Crippen LogP contribution in [-0.4, -0.2) is 17.6 Å². The number of benzene rings is 2. The van der Waals surface area contributed by atoms with E-state index in [0.717, 1.165) is 11.1 Å². The van der Waals surface area contributed by atoms with Gasteiger partial charge >= 0.3 is 0 Å². The summed E-state index contributed by atoms with van der Waals surface area (Å²) in [5, 5.41) is 6.84. The molecule has 122 valence electrons. The van der Waals surface area contributed by atoms with Crippen molar-refractivity contribution < 1.29 is 13.7 Å². The van der Waals surface area contributed by atoms with E-state index in [-0.39, 0.29) is 11.7 Å². The normalized spacial score (nSPS) is 10.6. The minimum Gasteiger partial charge on any atom is -0.360 e. The lowest BCUT2D eigenvalue weighted by Gasteiger charge is -2.06. The molecule has 0 aliphatic rings. The Kier molecular flexibility index (Phi) is 4.70. The van der Waals surface area contributed by atoms with Gasteiger partial charge in [-0.1, -0.05) is 47.6 Å². The molecule has 0 spiro atoms. The number of carbonyl (C=O) groups excluding carboxylic acids is 1. The zero-order valence-electron chi connectivity index (χ0n) is 13.3. The fraction of sp³-hybridized carbons (Fsp3) is 0.158. The first-order valence-corrected chi connectivity index (χ1v) is 7.69. The van der Waals surface area contributed by atoms with E-state index in [1.54, 1.807) is 13.0 Å². The van der Waals surface area contributed by atoms with Crippen LogP contribution in [0.3, 0.4) is 0 Å². The first kappa shape index (κ1) is 15.9. The molecule has 4 nitrogen and oxygen atoms in total. The molecule has 24 heavy (non-hydrogen) atoms. The molecular formula is C19H17FN2O2. The van der Waals surface area contributed by atoms with Gasteiger partial charge in [-0.3, -0.25) is 4.79 Å². The second-order valence-corrected chi connectivity index (χ2v) is 5.46. The van der Waals surface area contributed by atoms with E-state index >= 15 is 0 Å². The summed E-state index contributed by atoms with van der Waals surface area (Å²) in [5.74, 6) is -0.0545. The van der Waals surface area contributed by atoms with E-state index in [1.807, 2.05) is 36.4 Å². The number of hydrogen-bond donors (Lipinski definition) is 1. The number of aromatic nitrogens is 1. The summed E-state index contributed by atoms with van der Waals surface area (Å²) in [5.41, 5.74) is 2.61. The van der Waals surface area contributed by atoms with Crippen LogP contribution in [0.15, 0.2) is 59.1 Å². The van der Waals surface area contributed by atoms with Gasteiger partial charge in [0.05, 0.1) is 0 Å². The van der Waals surface area contributed by atoms with Crippen LogP contribution in [-0.2, 0) is 6.42 Å². The Morgan fingerprint density at radius 3 is 2.71 bits per heavy atom. The van der Waals surface area contributed by atoms with Gasteiger partial charge in [0, 0.05) is 12.1 Å². The van der Waals surface area contributed by atoms with Crippen LogP contribution in [0.25, 0.3) is 11.3 Å². The van der Waals surface area contributed by atoms with Crippen LogP contribution < -0.4 is 5.32 Å². The van der Waals surface area contributed by atoms with Crippen molar-refractivity contribution in [1.29, 1.82) is 0 Å². The third-order valence-electron chi connectivity index (χ3n) is 3.73. The lowest BCUT2D eigenvalue weighted by Crippen LogP contribution is -2.26. The Morgan fingerprint density at radius 1 is 1.17 bits per heavy atom. The van der Waals surface area contributed by atoms with Gasteiger partial charge in [0.1, 0.15) is 22.8 Å². The molecule has 0 aliphatic heterocycles. The molecule has 0 radical (unpaired) electrons. The standard InChI is InChI=1S/C19H17FN2O2/c1-13-17(18(22-24-13)15-7-3-2-4-8-15)19(23)21-11-10-14-6-5-9-16(20)12-14/h2-9,12H,10-11H2,1H3,(H,21,23). The van der Waals surface area contributed by atoms with Crippen LogP contribution in [0.5, 0.6) is 0 Å². The molecule has 1 heterocycles. The van der Waals surface area contributed by atoms with E-state index in [0.29, 0.717) is 30.0 Å². The predicted octanol–water partition coefficient (Wildman–Crippen LogP) is 3.76. The quantitative estimate of drug-likeness (QED) is 0.777. The summed E-state index contributed by atoms with van der Waals surface area (Å²) >= 11 is 0. The molecule has 2 aromatic carbocycles. The topological polar surface area (TPSA) is 55.1 Å². The largest absolute Gasteiger partial charge is 0.360 e. The summed E-state index contributed by atoms with van der Waals surface area (Å²) < 4.78 is 18.4. The van der Waals surface area contributed by atoms with Crippen LogP contribution in [0.4, 0.5) is 4.39 Å². The van der Waals surface area contributed by atoms with Gasteiger partial charge in [-0.05, 0) is 31.0 Å². The van der Waals surface area contributed by atoms with Crippen molar-refractivity contribution in [3.63, 3.8) is 0 Å². The van der Waals surface area contributed by atoms with Gasteiger partial charge in [-0.15, -0.1) is 0 Å². The van der Waals surface area contributed by atoms with Gasteiger partial charge in [0.15, 0.2) is 0 Å². The van der Waals surface area contributed by atoms with E-state index in [2.05, 4.69) is 10.5 Å². The molecular weight excluding hydrogens is 307 g/mol. The van der Waals surface area contributed by atoms with Crippen LogP contribution in [0, 0.1) is 12.7 Å². The van der Waals surface area contributed by atoms with E-state index < -0.39 is 0 Å². The number of rotatable bonds is 5. The average Bonchev–Trinajstić information content (AvgIpc) is 2.97. The number of halogens is 1. The van der Waals surface area contributed by atoms with Crippen molar-refractivity contribution in [2.24, 2.45) is 0 Å². The molecule has 0 fully saturated rings. The van der Waals surface area contributed by atoms with Gasteiger partial charge < -0.3 is 9.84 Å². The molecule has 0 aliphatic carbocycles. The fourth-order valence-corrected chi connectivity index (χ4v) is 2.53. The fourth-order valence-electron chi connectivity index (χ4n) is 2.53. The molecule has 3 aromatic rings. The second kappa shape index (κ2) is 7.08. The molecule has 0 unspecified atom stereocenters. The zero-order chi connectivity index (χ0) is 16.9. The predicted molar refractivity (Wildman–Crippen MR) is 89.1 cm³/mol. The highest BCUT2D eigenvalue weighted by atomic mass is 19.1. The second-order valence-electron chi connectivity index (χ2n) is 5.46. The van der Waals surface area contributed by atoms with Gasteiger partial charge in [-0.2, -0.15) is 0 Å². The van der Waals surface area contributed by atoms with Crippen molar-refractivity contribution in [2.45, 2.75) is 13.3 Å². The molecule has 1 aromatic heterocycles. The smallest absolute Gasteiger partial charge is 0.257 e. The molecule has 0 saturated heterocycles. The van der Waals surface area contributed by atoms with E-state index in [1.165, 1.54) is 12.1 Å². The van der Waals surface area contributed by atoms with Crippen molar-refractivity contribution >= 4 is 5.91 Å². The summed E-state index contributed by atoms with van der Waals surface area (Å²) in [6.45, 7) is 2.11. The summed E-state index contributed by atoms with van der Waals surface area (Å²) in [6, 6.07) is 15.8. The maximum atomic E-state index is 13.2. The molecule has 0 saturated carbocycles. The number of hydrogen-bond acceptors (Lipinski definition) is 3. The Balaban J connectivity index is 1.70. The molecule has 0 atom stereocenters.